The first kappa shape index (κ1) is 38.0. The highest BCUT2D eigenvalue weighted by molar-refractivity contribution is 4.72. The molecule has 0 bridgehead atoms. The number of hydrogen-bond donors (Lipinski definition) is 1. The van der Waals surface area contributed by atoms with Crippen LogP contribution in [0.4, 0.5) is 0 Å². The summed E-state index contributed by atoms with van der Waals surface area (Å²) in [6, 6.07) is 0. The molecule has 0 aliphatic rings. The molecule has 0 aromatic carbocycles. The second-order valence-corrected chi connectivity index (χ2v) is 13.2. The third kappa shape index (κ3) is 32.2. The molecule has 0 fully saturated rings. The molecule has 0 heterocycles. The smallest absolute Gasteiger partial charge is 0.0619 e. The minimum absolute atomic E-state index is 0.424. The lowest BCUT2D eigenvalue weighted by molar-refractivity contribution is 0.0366. The van der Waals surface area contributed by atoms with E-state index in [1.807, 2.05) is 0 Å². The highest BCUT2D eigenvalue weighted by Crippen LogP contribution is 2.23. The van der Waals surface area contributed by atoms with E-state index in [1.165, 1.54) is 199 Å². The van der Waals surface area contributed by atoms with E-state index < -0.39 is 5.60 Å². The Morgan fingerprint density at radius 3 is 0.632 bits per heavy atom. The van der Waals surface area contributed by atoms with Crippen LogP contribution in [0, 0.1) is 0 Å². The predicted octanol–water partition coefficient (Wildman–Crippen LogP) is 13.7. The lowest BCUT2D eigenvalue weighted by atomic mass is 9.91. The molecule has 1 atom stereocenters. The summed E-state index contributed by atoms with van der Waals surface area (Å²) in [4.78, 5) is 0. The molecule has 1 nitrogen and oxygen atoms in total. The van der Waals surface area contributed by atoms with E-state index in [4.69, 9.17) is 0 Å². The maximum atomic E-state index is 10.7. The fourth-order valence-electron chi connectivity index (χ4n) is 6.06. The van der Waals surface area contributed by atoms with Gasteiger partial charge in [0, 0.05) is 0 Å². The molecule has 0 amide bonds. The van der Waals surface area contributed by atoms with Gasteiger partial charge < -0.3 is 5.11 Å². The van der Waals surface area contributed by atoms with Crippen molar-refractivity contribution in [3.63, 3.8) is 0 Å². The van der Waals surface area contributed by atoms with Crippen LogP contribution in [0.3, 0.4) is 0 Å². The molecule has 0 aromatic rings. The van der Waals surface area contributed by atoms with E-state index in [9.17, 15) is 5.11 Å². The third-order valence-corrected chi connectivity index (χ3v) is 8.89. The van der Waals surface area contributed by atoms with E-state index >= 15 is 0 Å². The highest BCUT2D eigenvalue weighted by Gasteiger charge is 2.18. The lowest BCUT2D eigenvalue weighted by Crippen LogP contribution is -2.23. The van der Waals surface area contributed by atoms with Gasteiger partial charge in [-0.3, -0.25) is 0 Å². The molecule has 0 saturated heterocycles. The van der Waals surface area contributed by atoms with Gasteiger partial charge in [-0.05, 0) is 19.8 Å². The normalized spacial score (nSPS) is 13.3. The first-order valence-electron chi connectivity index (χ1n) is 18.3. The topological polar surface area (TPSA) is 20.2 Å². The average Bonchev–Trinajstić information content (AvgIpc) is 2.90. The second kappa shape index (κ2) is 31.5. The fraction of sp³-hybridized carbons (Fsp3) is 1.00. The summed E-state index contributed by atoms with van der Waals surface area (Å²) in [5.41, 5.74) is -0.424. The summed E-state index contributed by atoms with van der Waals surface area (Å²) in [5, 5.41) is 10.7. The minimum atomic E-state index is -0.424. The van der Waals surface area contributed by atoms with Gasteiger partial charge in [-0.1, -0.05) is 213 Å². The number of hydrogen-bond acceptors (Lipinski definition) is 1. The van der Waals surface area contributed by atoms with Crippen molar-refractivity contribution in [2.75, 3.05) is 0 Å². The Bertz CT molecular complexity index is 415. The lowest BCUT2D eigenvalue weighted by Gasteiger charge is -2.23. The molecule has 1 heteroatoms. The van der Waals surface area contributed by atoms with Crippen LogP contribution < -0.4 is 0 Å². The van der Waals surface area contributed by atoms with Crippen molar-refractivity contribution < 1.29 is 5.11 Å². The zero-order valence-corrected chi connectivity index (χ0v) is 27.3. The zero-order valence-electron chi connectivity index (χ0n) is 27.3. The SMILES string of the molecule is CCCCCCCCCCCCCCCCCCC(C)(O)CCCCCCCCCCCCCCCCC. The van der Waals surface area contributed by atoms with Gasteiger partial charge in [0.15, 0.2) is 0 Å². The summed E-state index contributed by atoms with van der Waals surface area (Å²) in [6.45, 7) is 6.68. The third-order valence-electron chi connectivity index (χ3n) is 8.89. The van der Waals surface area contributed by atoms with Gasteiger partial charge in [0.25, 0.3) is 0 Å². The summed E-state index contributed by atoms with van der Waals surface area (Å²) in [7, 11) is 0. The van der Waals surface area contributed by atoms with Crippen LogP contribution in [0.15, 0.2) is 0 Å². The maximum absolute atomic E-state index is 10.7. The molecule has 0 aliphatic heterocycles. The Kier molecular flexibility index (Phi) is 31.5. The van der Waals surface area contributed by atoms with Crippen LogP contribution in [-0.2, 0) is 0 Å². The molecule has 1 unspecified atom stereocenters. The number of rotatable bonds is 33. The van der Waals surface area contributed by atoms with Gasteiger partial charge in [0.1, 0.15) is 0 Å². The summed E-state index contributed by atoms with van der Waals surface area (Å²) in [5.74, 6) is 0. The van der Waals surface area contributed by atoms with Gasteiger partial charge in [0.05, 0.1) is 5.60 Å². The fourth-order valence-corrected chi connectivity index (χ4v) is 6.06. The zero-order chi connectivity index (χ0) is 27.8. The molecule has 0 aromatic heterocycles. The van der Waals surface area contributed by atoms with E-state index in [-0.39, 0.29) is 0 Å². The molecule has 1 N–H and O–H groups in total. The monoisotopic (exact) mass is 537 g/mol. The van der Waals surface area contributed by atoms with Crippen LogP contribution in [0.1, 0.15) is 233 Å². The van der Waals surface area contributed by atoms with Crippen LogP contribution in [0.2, 0.25) is 0 Å². The Morgan fingerprint density at radius 1 is 0.289 bits per heavy atom. The molecule has 0 saturated carbocycles. The van der Waals surface area contributed by atoms with Crippen molar-refractivity contribution in [1.82, 2.24) is 0 Å². The van der Waals surface area contributed by atoms with Crippen molar-refractivity contribution in [1.29, 1.82) is 0 Å². The van der Waals surface area contributed by atoms with Gasteiger partial charge in [0.2, 0.25) is 0 Å². The van der Waals surface area contributed by atoms with E-state index in [0.717, 1.165) is 12.8 Å². The summed E-state index contributed by atoms with van der Waals surface area (Å²) < 4.78 is 0. The minimum Gasteiger partial charge on any atom is -0.390 e. The standard InChI is InChI=1S/C37H76O/c1-4-6-8-10-12-14-16-18-20-22-24-26-28-30-32-34-36-37(3,38)35-33-31-29-27-25-23-21-19-17-15-13-11-9-7-5-2/h38H,4-36H2,1-3H3. The largest absolute Gasteiger partial charge is 0.390 e. The van der Waals surface area contributed by atoms with Gasteiger partial charge in [-0.25, -0.2) is 0 Å². The van der Waals surface area contributed by atoms with Crippen molar-refractivity contribution in [2.45, 2.75) is 238 Å². The van der Waals surface area contributed by atoms with E-state index in [0.29, 0.717) is 0 Å². The Hall–Kier alpha value is -0.0400. The quantitative estimate of drug-likeness (QED) is 0.0827. The van der Waals surface area contributed by atoms with Crippen LogP contribution in [0.5, 0.6) is 0 Å². The molecular weight excluding hydrogens is 460 g/mol. The Morgan fingerprint density at radius 2 is 0.447 bits per heavy atom. The van der Waals surface area contributed by atoms with E-state index in [2.05, 4.69) is 20.8 Å². The highest BCUT2D eigenvalue weighted by atomic mass is 16.3. The molecule has 0 rings (SSSR count). The Balaban J connectivity index is 3.27. The first-order valence-corrected chi connectivity index (χ1v) is 18.3. The molecule has 38 heavy (non-hydrogen) atoms. The summed E-state index contributed by atoms with van der Waals surface area (Å²) >= 11 is 0. The maximum Gasteiger partial charge on any atom is 0.0619 e. The van der Waals surface area contributed by atoms with Crippen molar-refractivity contribution in [3.8, 4) is 0 Å². The van der Waals surface area contributed by atoms with Gasteiger partial charge in [-0.15, -0.1) is 0 Å². The van der Waals surface area contributed by atoms with Gasteiger partial charge >= 0.3 is 0 Å². The van der Waals surface area contributed by atoms with Crippen molar-refractivity contribution in [2.24, 2.45) is 0 Å². The average molecular weight is 537 g/mol. The molecule has 230 valence electrons. The van der Waals surface area contributed by atoms with Crippen LogP contribution in [-0.4, -0.2) is 10.7 Å². The van der Waals surface area contributed by atoms with Crippen LogP contribution >= 0.6 is 0 Å². The van der Waals surface area contributed by atoms with Crippen molar-refractivity contribution in [3.05, 3.63) is 0 Å². The first-order chi connectivity index (χ1) is 18.6. The Labute approximate surface area is 243 Å². The molecule has 0 aliphatic carbocycles. The number of aliphatic hydroxyl groups is 1. The van der Waals surface area contributed by atoms with Crippen LogP contribution in [0.25, 0.3) is 0 Å². The molecular formula is C37H76O. The predicted molar refractivity (Wildman–Crippen MR) is 174 cm³/mol. The summed E-state index contributed by atoms with van der Waals surface area (Å²) in [6.07, 6.45) is 45.8. The molecule has 0 spiro atoms. The van der Waals surface area contributed by atoms with Crippen molar-refractivity contribution >= 4 is 0 Å². The van der Waals surface area contributed by atoms with E-state index in [1.54, 1.807) is 0 Å². The van der Waals surface area contributed by atoms with Gasteiger partial charge in [-0.2, -0.15) is 0 Å². The molecule has 0 radical (unpaired) electrons. The number of unbranched alkanes of at least 4 members (excludes halogenated alkanes) is 29. The second-order valence-electron chi connectivity index (χ2n) is 13.2.